The highest BCUT2D eigenvalue weighted by Crippen LogP contribution is 2.68. The van der Waals surface area contributed by atoms with Crippen molar-refractivity contribution in [2.45, 2.75) is 111 Å². The van der Waals surface area contributed by atoms with E-state index in [2.05, 4.69) is 34.6 Å². The molecule has 4 rings (SSSR count). The van der Waals surface area contributed by atoms with E-state index in [1.165, 1.54) is 44.9 Å². The molecule has 0 unspecified atom stereocenters. The number of alkyl halides is 1. The van der Waals surface area contributed by atoms with Gasteiger partial charge in [0.15, 0.2) is 0 Å². The first kappa shape index (κ1) is 23.6. The smallest absolute Gasteiger partial charge is 0.246 e. The van der Waals surface area contributed by atoms with Crippen LogP contribution in [0.15, 0.2) is 11.3 Å². The van der Waals surface area contributed by atoms with Crippen molar-refractivity contribution in [1.29, 1.82) is 0 Å². The second-order valence-electron chi connectivity index (χ2n) is 12.6. The fourth-order valence-electron chi connectivity index (χ4n) is 8.94. The van der Waals surface area contributed by atoms with E-state index in [0.29, 0.717) is 35.3 Å². The molecule has 8 atom stereocenters. The molecular formula is C27H44ClNO2. The van der Waals surface area contributed by atoms with Crippen LogP contribution in [0.1, 0.15) is 105 Å². The van der Waals surface area contributed by atoms with Crippen LogP contribution in [0.4, 0.5) is 0 Å². The van der Waals surface area contributed by atoms with Crippen molar-refractivity contribution < 1.29 is 4.92 Å². The van der Waals surface area contributed by atoms with E-state index in [4.69, 9.17) is 11.6 Å². The predicted octanol–water partition coefficient (Wildman–Crippen LogP) is 8.24. The summed E-state index contributed by atoms with van der Waals surface area (Å²) in [6, 6.07) is 0. The molecule has 3 fully saturated rings. The Morgan fingerprint density at radius 3 is 2.45 bits per heavy atom. The van der Waals surface area contributed by atoms with Gasteiger partial charge in [-0.05, 0) is 91.3 Å². The lowest BCUT2D eigenvalue weighted by Crippen LogP contribution is -2.52. The molecule has 0 aromatic carbocycles. The van der Waals surface area contributed by atoms with Gasteiger partial charge in [0, 0.05) is 17.4 Å². The summed E-state index contributed by atoms with van der Waals surface area (Å²) in [6.45, 7) is 12.1. The summed E-state index contributed by atoms with van der Waals surface area (Å²) < 4.78 is 0. The number of rotatable bonds is 6. The van der Waals surface area contributed by atoms with Gasteiger partial charge >= 0.3 is 0 Å². The normalized spacial score (nSPS) is 43.4. The zero-order valence-electron chi connectivity index (χ0n) is 20.5. The van der Waals surface area contributed by atoms with Gasteiger partial charge in [-0.25, -0.2) is 0 Å². The molecule has 4 aliphatic carbocycles. The van der Waals surface area contributed by atoms with E-state index in [0.717, 1.165) is 42.6 Å². The summed E-state index contributed by atoms with van der Waals surface area (Å²) in [5.41, 5.74) is 2.04. The van der Waals surface area contributed by atoms with E-state index in [1.54, 1.807) is 0 Å². The summed E-state index contributed by atoms with van der Waals surface area (Å²) in [6.07, 6.45) is 12.7. The van der Waals surface area contributed by atoms with Crippen LogP contribution in [-0.4, -0.2) is 10.3 Å². The maximum atomic E-state index is 12.2. The number of hydrogen-bond donors (Lipinski definition) is 0. The SMILES string of the molecule is CC(C)CCC[C@@H](C)[C@H]1CC[C@H]2[C@H]3CC([N+](=O)[O-])=C4C[C@@H](Cl)CC[C@]4(C)[C@@H]3CC[C@]12C. The molecule has 0 aromatic heterocycles. The molecule has 0 aliphatic heterocycles. The van der Waals surface area contributed by atoms with Crippen LogP contribution in [0, 0.1) is 56.5 Å². The van der Waals surface area contributed by atoms with E-state index < -0.39 is 0 Å². The zero-order valence-corrected chi connectivity index (χ0v) is 21.2. The van der Waals surface area contributed by atoms with Gasteiger partial charge in [0.25, 0.3) is 0 Å². The highest BCUT2D eigenvalue weighted by atomic mass is 35.5. The van der Waals surface area contributed by atoms with Crippen LogP contribution >= 0.6 is 11.6 Å². The summed E-state index contributed by atoms with van der Waals surface area (Å²) >= 11 is 6.51. The molecule has 3 nitrogen and oxygen atoms in total. The largest absolute Gasteiger partial charge is 0.259 e. The number of allylic oxidation sites excluding steroid dienone is 2. The first-order valence-corrected chi connectivity index (χ1v) is 13.5. The van der Waals surface area contributed by atoms with E-state index >= 15 is 0 Å². The van der Waals surface area contributed by atoms with Crippen molar-refractivity contribution in [3.8, 4) is 0 Å². The minimum absolute atomic E-state index is 0.000985. The molecule has 31 heavy (non-hydrogen) atoms. The Labute approximate surface area is 194 Å². The Kier molecular flexibility index (Phi) is 6.58. The lowest BCUT2D eigenvalue weighted by molar-refractivity contribution is -0.434. The third kappa shape index (κ3) is 4.00. The van der Waals surface area contributed by atoms with Crippen molar-refractivity contribution in [3.05, 3.63) is 21.4 Å². The quantitative estimate of drug-likeness (QED) is 0.232. The van der Waals surface area contributed by atoms with Gasteiger partial charge in [0.2, 0.25) is 5.70 Å². The first-order chi connectivity index (χ1) is 14.6. The highest BCUT2D eigenvalue weighted by Gasteiger charge is 2.61. The van der Waals surface area contributed by atoms with Gasteiger partial charge in [-0.1, -0.05) is 53.9 Å². The second-order valence-corrected chi connectivity index (χ2v) is 13.2. The topological polar surface area (TPSA) is 43.1 Å². The van der Waals surface area contributed by atoms with Crippen molar-refractivity contribution in [3.63, 3.8) is 0 Å². The van der Waals surface area contributed by atoms with Gasteiger partial charge in [0.1, 0.15) is 0 Å². The number of nitrogens with zero attached hydrogens (tertiary/aromatic N) is 1. The number of fused-ring (bicyclic) bond motifs is 5. The maximum Gasteiger partial charge on any atom is 0.246 e. The zero-order chi connectivity index (χ0) is 22.6. The Bertz CT molecular complexity index is 733. The fourth-order valence-corrected chi connectivity index (χ4v) is 9.20. The van der Waals surface area contributed by atoms with E-state index in [9.17, 15) is 10.1 Å². The van der Waals surface area contributed by atoms with Crippen molar-refractivity contribution in [1.82, 2.24) is 0 Å². The Hall–Kier alpha value is -0.570. The molecule has 0 saturated heterocycles. The van der Waals surface area contributed by atoms with Crippen LogP contribution in [0.3, 0.4) is 0 Å². The predicted molar refractivity (Wildman–Crippen MR) is 129 cm³/mol. The molecule has 3 saturated carbocycles. The molecule has 0 radical (unpaired) electrons. The molecule has 0 N–H and O–H groups in total. The summed E-state index contributed by atoms with van der Waals surface area (Å²) in [4.78, 5) is 12.1. The summed E-state index contributed by atoms with van der Waals surface area (Å²) in [5, 5.41) is 12.2. The van der Waals surface area contributed by atoms with Crippen LogP contribution in [0.5, 0.6) is 0 Å². The van der Waals surface area contributed by atoms with Gasteiger partial charge in [-0.15, -0.1) is 11.6 Å². The van der Waals surface area contributed by atoms with Crippen molar-refractivity contribution in [2.24, 2.45) is 46.3 Å². The average Bonchev–Trinajstić information content (AvgIpc) is 3.05. The Balaban J connectivity index is 1.59. The summed E-state index contributed by atoms with van der Waals surface area (Å²) in [7, 11) is 0. The molecule has 176 valence electrons. The third-order valence-electron chi connectivity index (χ3n) is 10.5. The highest BCUT2D eigenvalue weighted by molar-refractivity contribution is 6.20. The Morgan fingerprint density at radius 1 is 1.03 bits per heavy atom. The van der Waals surface area contributed by atoms with Gasteiger partial charge in [0.05, 0.1) is 4.92 Å². The lowest BCUT2D eigenvalue weighted by atomic mass is 9.46. The average molecular weight is 450 g/mol. The van der Waals surface area contributed by atoms with E-state index in [-0.39, 0.29) is 15.7 Å². The van der Waals surface area contributed by atoms with Crippen molar-refractivity contribution >= 4 is 11.6 Å². The number of halogens is 1. The van der Waals surface area contributed by atoms with Gasteiger partial charge < -0.3 is 0 Å². The standard InChI is InChI=1S/C27H44ClNO2/c1-17(2)7-6-8-18(3)21-9-10-22-20-16-25(29(30)31)24-15-19(28)11-13-27(24,5)23(20)12-14-26(21,22)4/h17-23H,6-16H2,1-5H3/t18-,19+,20-,21-,22+,23-,26-,27-/m1/s1. The first-order valence-electron chi connectivity index (χ1n) is 13.1. The lowest BCUT2D eigenvalue weighted by Gasteiger charge is -2.58. The maximum absolute atomic E-state index is 12.2. The molecule has 4 heteroatoms. The molecule has 0 amide bonds. The molecule has 0 spiro atoms. The number of hydrogen-bond acceptors (Lipinski definition) is 2. The third-order valence-corrected chi connectivity index (χ3v) is 10.9. The van der Waals surface area contributed by atoms with Crippen LogP contribution in [0.2, 0.25) is 0 Å². The van der Waals surface area contributed by atoms with E-state index in [1.807, 2.05) is 0 Å². The van der Waals surface area contributed by atoms with Gasteiger partial charge in [-0.2, -0.15) is 0 Å². The molecule has 0 bridgehead atoms. The molecule has 0 aromatic rings. The fraction of sp³-hybridized carbons (Fsp3) is 0.926. The molecule has 4 aliphatic rings. The molecular weight excluding hydrogens is 406 g/mol. The van der Waals surface area contributed by atoms with Crippen molar-refractivity contribution in [2.75, 3.05) is 0 Å². The number of nitro groups is 1. The minimum Gasteiger partial charge on any atom is -0.259 e. The van der Waals surface area contributed by atoms with Crippen LogP contribution in [0.25, 0.3) is 0 Å². The van der Waals surface area contributed by atoms with Crippen LogP contribution < -0.4 is 0 Å². The Morgan fingerprint density at radius 2 is 1.77 bits per heavy atom. The van der Waals surface area contributed by atoms with Crippen LogP contribution in [-0.2, 0) is 0 Å². The minimum atomic E-state index is -0.0361. The van der Waals surface area contributed by atoms with Gasteiger partial charge in [-0.3, -0.25) is 10.1 Å². The second kappa shape index (κ2) is 8.65. The summed E-state index contributed by atoms with van der Waals surface area (Å²) in [5.74, 6) is 4.13. The molecule has 0 heterocycles. The monoisotopic (exact) mass is 449 g/mol.